The molecule has 0 bridgehead atoms. The fourth-order valence-electron chi connectivity index (χ4n) is 2.05. The van der Waals surface area contributed by atoms with Gasteiger partial charge in [-0.2, -0.15) is 4.91 Å². The highest BCUT2D eigenvalue weighted by Gasteiger charge is 2.10. The van der Waals surface area contributed by atoms with Crippen LogP contribution in [-0.4, -0.2) is 13.1 Å². The van der Waals surface area contributed by atoms with Crippen molar-refractivity contribution in [2.75, 3.05) is 18.8 Å². The van der Waals surface area contributed by atoms with E-state index in [2.05, 4.69) is 10.5 Å². The maximum Gasteiger partial charge on any atom is 0.129 e. The Kier molecular flexibility index (Phi) is 5.26. The first-order valence-electron chi connectivity index (χ1n) is 6.72. The molecule has 20 heavy (non-hydrogen) atoms. The molecule has 104 valence electrons. The minimum atomic E-state index is -0.331. The van der Waals surface area contributed by atoms with Crippen LogP contribution in [-0.2, 0) is 6.42 Å². The molecule has 0 saturated heterocycles. The van der Waals surface area contributed by atoms with E-state index in [0.717, 1.165) is 24.2 Å². The van der Waals surface area contributed by atoms with Crippen molar-refractivity contribution in [2.24, 2.45) is 5.18 Å². The number of nitroso groups, excluding NO2 is 1. The van der Waals surface area contributed by atoms with Gasteiger partial charge in [-0.05, 0) is 36.2 Å². The molecular formula is C16H19N3O. The van der Waals surface area contributed by atoms with Crippen LogP contribution in [0.5, 0.6) is 0 Å². The fourth-order valence-corrected chi connectivity index (χ4v) is 2.05. The van der Waals surface area contributed by atoms with Crippen LogP contribution in [0.25, 0.3) is 0 Å². The van der Waals surface area contributed by atoms with E-state index < -0.39 is 0 Å². The number of nitrogen functional groups attached to an aromatic ring is 1. The summed E-state index contributed by atoms with van der Waals surface area (Å²) in [6.07, 6.45) is 0.903. The molecule has 0 heterocycles. The fraction of sp³-hybridized carbons (Fsp3) is 0.250. The van der Waals surface area contributed by atoms with E-state index in [4.69, 9.17) is 5.73 Å². The van der Waals surface area contributed by atoms with Crippen LogP contribution in [0.3, 0.4) is 0 Å². The van der Waals surface area contributed by atoms with Crippen LogP contribution in [0, 0.1) is 4.91 Å². The monoisotopic (exact) mass is 269 g/mol. The molecule has 0 fully saturated rings. The smallest absolute Gasteiger partial charge is 0.129 e. The van der Waals surface area contributed by atoms with Crippen LogP contribution >= 0.6 is 0 Å². The summed E-state index contributed by atoms with van der Waals surface area (Å²) in [5, 5.41) is 6.46. The Morgan fingerprint density at radius 2 is 1.75 bits per heavy atom. The van der Waals surface area contributed by atoms with E-state index >= 15 is 0 Å². The Labute approximate surface area is 119 Å². The summed E-state index contributed by atoms with van der Waals surface area (Å²) in [7, 11) is 0. The number of nitrogens with zero attached hydrogens (tertiary/aromatic N) is 1. The van der Waals surface area contributed by atoms with Gasteiger partial charge in [0.25, 0.3) is 0 Å². The van der Waals surface area contributed by atoms with Crippen molar-refractivity contribution in [2.45, 2.75) is 12.5 Å². The predicted octanol–water partition coefficient (Wildman–Crippen LogP) is 2.91. The quantitative estimate of drug-likeness (QED) is 0.461. The molecule has 0 radical (unpaired) electrons. The molecule has 0 aromatic heterocycles. The lowest BCUT2D eigenvalue weighted by molar-refractivity contribution is 0.598. The maximum absolute atomic E-state index is 10.9. The zero-order valence-corrected chi connectivity index (χ0v) is 11.3. The van der Waals surface area contributed by atoms with Crippen LogP contribution in [0.1, 0.15) is 17.2 Å². The second kappa shape index (κ2) is 7.40. The normalized spacial score (nSPS) is 12.0. The molecule has 0 amide bonds. The molecule has 0 saturated carbocycles. The van der Waals surface area contributed by atoms with Crippen LogP contribution in [0.4, 0.5) is 5.69 Å². The zero-order valence-electron chi connectivity index (χ0n) is 11.3. The molecule has 4 heteroatoms. The van der Waals surface area contributed by atoms with Crippen LogP contribution < -0.4 is 11.1 Å². The van der Waals surface area contributed by atoms with Gasteiger partial charge in [0, 0.05) is 12.2 Å². The third-order valence-corrected chi connectivity index (χ3v) is 3.22. The van der Waals surface area contributed by atoms with Crippen molar-refractivity contribution in [3.8, 4) is 0 Å². The molecule has 3 N–H and O–H groups in total. The summed E-state index contributed by atoms with van der Waals surface area (Å²) < 4.78 is 0. The van der Waals surface area contributed by atoms with Crippen molar-refractivity contribution >= 4 is 5.69 Å². The average molecular weight is 269 g/mol. The van der Waals surface area contributed by atoms with Crippen molar-refractivity contribution < 1.29 is 0 Å². The van der Waals surface area contributed by atoms with Crippen molar-refractivity contribution in [1.29, 1.82) is 0 Å². The van der Waals surface area contributed by atoms with Gasteiger partial charge in [-0.3, -0.25) is 0 Å². The van der Waals surface area contributed by atoms with E-state index in [1.165, 1.54) is 5.56 Å². The molecule has 0 aliphatic carbocycles. The van der Waals surface area contributed by atoms with Crippen molar-refractivity contribution in [3.05, 3.63) is 70.6 Å². The lowest BCUT2D eigenvalue weighted by atomic mass is 10.1. The summed E-state index contributed by atoms with van der Waals surface area (Å²) in [5.41, 5.74) is 8.59. The highest BCUT2D eigenvalue weighted by atomic mass is 16.3. The summed E-state index contributed by atoms with van der Waals surface area (Å²) in [4.78, 5) is 10.9. The SMILES string of the molecule is Nc1ccc(CCNCC(N=O)c2ccccc2)cc1. The van der Waals surface area contributed by atoms with Gasteiger partial charge >= 0.3 is 0 Å². The Bertz CT molecular complexity index is 525. The van der Waals surface area contributed by atoms with Crippen molar-refractivity contribution in [1.82, 2.24) is 5.32 Å². The highest BCUT2D eigenvalue weighted by Crippen LogP contribution is 2.15. The molecule has 0 spiro atoms. The molecular weight excluding hydrogens is 250 g/mol. The van der Waals surface area contributed by atoms with Gasteiger partial charge in [0.2, 0.25) is 0 Å². The van der Waals surface area contributed by atoms with Crippen LogP contribution in [0.15, 0.2) is 59.8 Å². The van der Waals surface area contributed by atoms with E-state index in [-0.39, 0.29) is 6.04 Å². The van der Waals surface area contributed by atoms with E-state index in [0.29, 0.717) is 6.54 Å². The largest absolute Gasteiger partial charge is 0.399 e. The predicted molar refractivity (Wildman–Crippen MR) is 82.4 cm³/mol. The van der Waals surface area contributed by atoms with E-state index in [1.54, 1.807) is 0 Å². The molecule has 2 rings (SSSR count). The zero-order chi connectivity index (χ0) is 14.2. The number of nitrogens with one attached hydrogen (secondary N) is 1. The van der Waals surface area contributed by atoms with Gasteiger partial charge < -0.3 is 11.1 Å². The summed E-state index contributed by atoms with van der Waals surface area (Å²) in [5.74, 6) is 0. The number of hydrogen-bond donors (Lipinski definition) is 2. The minimum absolute atomic E-state index is 0.331. The van der Waals surface area contributed by atoms with Gasteiger partial charge in [-0.15, -0.1) is 0 Å². The first kappa shape index (κ1) is 14.2. The summed E-state index contributed by atoms with van der Waals surface area (Å²) in [6.45, 7) is 1.37. The number of nitrogens with two attached hydrogens (primary N) is 1. The molecule has 0 aliphatic rings. The third-order valence-electron chi connectivity index (χ3n) is 3.22. The van der Waals surface area contributed by atoms with E-state index in [1.807, 2.05) is 54.6 Å². The lowest BCUT2D eigenvalue weighted by Gasteiger charge is -2.10. The minimum Gasteiger partial charge on any atom is -0.399 e. The number of rotatable bonds is 7. The topological polar surface area (TPSA) is 67.5 Å². The second-order valence-electron chi connectivity index (χ2n) is 4.73. The summed E-state index contributed by atoms with van der Waals surface area (Å²) >= 11 is 0. The van der Waals surface area contributed by atoms with E-state index in [9.17, 15) is 4.91 Å². The summed E-state index contributed by atoms with van der Waals surface area (Å²) in [6, 6.07) is 17.1. The second-order valence-corrected chi connectivity index (χ2v) is 4.73. The standard InChI is InChI=1S/C16H19N3O/c17-15-8-6-13(7-9-15)10-11-18-12-16(19-20)14-4-2-1-3-5-14/h1-9,16,18H,10-12,17H2. The maximum atomic E-state index is 10.9. The van der Waals surface area contributed by atoms with Gasteiger partial charge in [-0.1, -0.05) is 47.6 Å². The highest BCUT2D eigenvalue weighted by molar-refractivity contribution is 5.39. The van der Waals surface area contributed by atoms with Gasteiger partial charge in [0.05, 0.1) is 0 Å². The Hall–Kier alpha value is -2.20. The molecule has 1 unspecified atom stereocenters. The van der Waals surface area contributed by atoms with Crippen molar-refractivity contribution in [3.63, 3.8) is 0 Å². The number of benzene rings is 2. The molecule has 2 aromatic rings. The lowest BCUT2D eigenvalue weighted by Crippen LogP contribution is -2.23. The van der Waals surface area contributed by atoms with Gasteiger partial charge in [-0.25, -0.2) is 0 Å². The number of anilines is 1. The Morgan fingerprint density at radius 1 is 1.05 bits per heavy atom. The molecule has 1 atom stereocenters. The van der Waals surface area contributed by atoms with Gasteiger partial charge in [0.1, 0.15) is 6.04 Å². The third kappa shape index (κ3) is 4.17. The molecule has 2 aromatic carbocycles. The average Bonchev–Trinajstić information content (AvgIpc) is 2.50. The molecule has 0 aliphatic heterocycles. The first-order chi connectivity index (χ1) is 9.79. The molecule has 4 nitrogen and oxygen atoms in total. The van der Waals surface area contributed by atoms with Gasteiger partial charge in [0.15, 0.2) is 0 Å². The van der Waals surface area contributed by atoms with Crippen LogP contribution in [0.2, 0.25) is 0 Å². The first-order valence-corrected chi connectivity index (χ1v) is 6.72. The Balaban J connectivity index is 1.77. The number of hydrogen-bond acceptors (Lipinski definition) is 4. The Morgan fingerprint density at radius 3 is 2.40 bits per heavy atom.